The summed E-state index contributed by atoms with van der Waals surface area (Å²) in [5, 5.41) is 2.66. The van der Waals surface area contributed by atoms with E-state index < -0.39 is 7.59 Å². The summed E-state index contributed by atoms with van der Waals surface area (Å²) in [7, 11) is -0.593. The van der Waals surface area contributed by atoms with Crippen LogP contribution in [0.15, 0.2) is 48.5 Å². The molecule has 0 spiro atoms. The van der Waals surface area contributed by atoms with E-state index in [1.54, 1.807) is 0 Å². The van der Waals surface area contributed by atoms with Gasteiger partial charge >= 0.3 is 62.1 Å². The van der Waals surface area contributed by atoms with Gasteiger partial charge in [0.05, 0.1) is 0 Å². The van der Waals surface area contributed by atoms with Gasteiger partial charge in [-0.25, -0.2) is 0 Å². The third-order valence-electron chi connectivity index (χ3n) is 4.85. The molecule has 0 amide bonds. The summed E-state index contributed by atoms with van der Waals surface area (Å²) in [6.45, 7) is 18.5. The molecule has 0 atom stereocenters. The van der Waals surface area contributed by atoms with Crippen LogP contribution in [0.5, 0.6) is 0 Å². The third-order valence-corrected chi connectivity index (χ3v) is 30.4. The van der Waals surface area contributed by atoms with Gasteiger partial charge in [0.15, 0.2) is 0 Å². The van der Waals surface area contributed by atoms with Gasteiger partial charge in [-0.1, -0.05) is 33.8 Å². The minimum Gasteiger partial charge on any atom is -1.00 e. The minimum absolute atomic E-state index is 0. The van der Waals surface area contributed by atoms with Crippen LogP contribution in [-0.4, -0.2) is 12.5 Å². The van der Waals surface area contributed by atoms with Crippen molar-refractivity contribution in [2.75, 3.05) is 0 Å². The Balaban J connectivity index is 0. The second-order valence-electron chi connectivity index (χ2n) is 7.79. The topological polar surface area (TPSA) is 0 Å². The Labute approximate surface area is 194 Å². The standard InChI is InChI=1S/C9H7.C9H13.C4H12Si2.2ClH.Zr/c1-2-5-9-7-3-6-8(9)4-1;1-6-5-7(2)9(4)8(6)3;1-5-6(2,3)4;;;/h1-7H;5H,1-4H3;1-4H3;2*1H;/q2*-1;;;;+2/p-2. The van der Waals surface area contributed by atoms with Crippen molar-refractivity contribution < 1.29 is 48.1 Å². The number of hydrogen-bond acceptors (Lipinski definition) is 0. The average Bonchev–Trinajstić information content (AvgIpc) is 3.09. The van der Waals surface area contributed by atoms with Crippen molar-refractivity contribution >= 4 is 23.3 Å². The monoisotopic (exact) mass is 512 g/mol. The van der Waals surface area contributed by atoms with E-state index in [9.17, 15) is 0 Å². The molecule has 5 heteroatoms. The smallest absolute Gasteiger partial charge is 0.0630 e. The molecule has 0 aliphatic heterocycles. The molecule has 0 saturated carbocycles. The van der Waals surface area contributed by atoms with E-state index in [0.29, 0.717) is 0 Å². The van der Waals surface area contributed by atoms with Crippen LogP contribution in [0.3, 0.4) is 0 Å². The Kier molecular flexibility index (Phi) is 14.5. The molecule has 0 N–H and O–H groups in total. The largest absolute Gasteiger partial charge is 1.00 e. The maximum Gasteiger partial charge on any atom is -0.0630 e. The van der Waals surface area contributed by atoms with Gasteiger partial charge in [0.2, 0.25) is 0 Å². The van der Waals surface area contributed by atoms with Crippen LogP contribution in [0, 0.1) is 27.7 Å². The molecule has 27 heavy (non-hydrogen) atoms. The molecule has 0 nitrogen and oxygen atoms in total. The maximum atomic E-state index is 2.47. The van der Waals surface area contributed by atoms with E-state index in [-0.39, 0.29) is 29.8 Å². The van der Waals surface area contributed by atoms with Gasteiger partial charge in [-0.15, -0.1) is 29.7 Å². The molecule has 0 heterocycles. The van der Waals surface area contributed by atoms with E-state index in [4.69, 9.17) is 0 Å². The van der Waals surface area contributed by atoms with Crippen LogP contribution in [0.2, 0.25) is 26.2 Å². The van der Waals surface area contributed by atoms with Gasteiger partial charge in [-0.2, -0.15) is 45.8 Å². The van der Waals surface area contributed by atoms with Crippen molar-refractivity contribution in [3.63, 3.8) is 0 Å². The molecular weight excluding hydrogens is 483 g/mol. The molecule has 0 saturated heterocycles. The molecule has 0 bridgehead atoms. The van der Waals surface area contributed by atoms with Crippen molar-refractivity contribution in [2.45, 2.75) is 53.9 Å². The van der Waals surface area contributed by atoms with Crippen molar-refractivity contribution in [1.82, 2.24) is 0 Å². The SMILES string of the molecule is C[Si](=[Zr+2])[Si](C)(C)C.Cc1c[c-](C)c(C)c1C.[Cl-].[Cl-].c1ccc2[cH-]ccc2c1. The number of rotatable bonds is 1. The minimum atomic E-state index is -0.593. The van der Waals surface area contributed by atoms with E-state index in [0.717, 1.165) is 0 Å². The van der Waals surface area contributed by atoms with Crippen LogP contribution >= 0.6 is 0 Å². The number of halogens is 2. The van der Waals surface area contributed by atoms with Gasteiger partial charge in [0.25, 0.3) is 0 Å². The maximum absolute atomic E-state index is 2.47. The molecule has 0 aliphatic carbocycles. The quantitative estimate of drug-likeness (QED) is 0.333. The molecule has 0 unspecified atom stereocenters. The Morgan fingerprint density at radius 3 is 1.85 bits per heavy atom. The first-order valence-electron chi connectivity index (χ1n) is 8.90. The molecular formula is C22H32Cl2Si2Zr-2. The first-order valence-corrected chi connectivity index (χ1v) is 19.1. The summed E-state index contributed by atoms with van der Waals surface area (Å²) in [5.41, 5.74) is 5.75. The fraction of sp³-hybridized carbons (Fsp3) is 0.364. The Morgan fingerprint density at radius 2 is 1.52 bits per heavy atom. The first-order chi connectivity index (χ1) is 11.5. The van der Waals surface area contributed by atoms with E-state index in [1.165, 1.54) is 33.0 Å². The van der Waals surface area contributed by atoms with Crippen molar-refractivity contribution in [3.8, 4) is 0 Å². The number of benzene rings is 1. The zero-order valence-electron chi connectivity index (χ0n) is 17.9. The predicted octanol–water partition coefficient (Wildman–Crippen LogP) is 0.777. The Bertz CT molecular complexity index is 774. The average molecular weight is 515 g/mol. The van der Waals surface area contributed by atoms with Crippen molar-refractivity contribution in [3.05, 3.63) is 70.8 Å². The Hall–Kier alpha value is 0.0769. The van der Waals surface area contributed by atoms with Crippen LogP contribution in [0.4, 0.5) is 0 Å². The molecule has 3 aromatic rings. The molecule has 148 valence electrons. The van der Waals surface area contributed by atoms with Gasteiger partial charge < -0.3 is 24.8 Å². The summed E-state index contributed by atoms with van der Waals surface area (Å²) >= 11 is 1.82. The van der Waals surface area contributed by atoms with Gasteiger partial charge in [-0.3, -0.25) is 0 Å². The summed E-state index contributed by atoms with van der Waals surface area (Å²) < 4.78 is 0. The van der Waals surface area contributed by atoms with Crippen molar-refractivity contribution in [1.29, 1.82) is 0 Å². The molecule has 0 radical (unpaired) electrons. The Morgan fingerprint density at radius 1 is 1.00 bits per heavy atom. The zero-order chi connectivity index (χ0) is 19.2. The second kappa shape index (κ2) is 13.3. The van der Waals surface area contributed by atoms with Crippen LogP contribution in [-0.2, 0) is 23.3 Å². The number of aryl methyl sites for hydroxylation is 2. The van der Waals surface area contributed by atoms with Crippen LogP contribution < -0.4 is 24.8 Å². The van der Waals surface area contributed by atoms with Gasteiger partial charge in [-0.05, 0) is 0 Å². The molecule has 3 rings (SSSR count). The van der Waals surface area contributed by atoms with Crippen LogP contribution in [0.25, 0.3) is 10.8 Å². The normalized spacial score (nSPS) is 9.85. The summed E-state index contributed by atoms with van der Waals surface area (Å²) in [6, 6.07) is 16.9. The zero-order valence-corrected chi connectivity index (χ0v) is 23.8. The summed E-state index contributed by atoms with van der Waals surface area (Å²) in [6.07, 6.45) is 0. The summed E-state index contributed by atoms with van der Waals surface area (Å²) in [5.74, 6) is 0. The van der Waals surface area contributed by atoms with E-state index in [1.807, 2.05) is 23.3 Å². The predicted molar refractivity (Wildman–Crippen MR) is 115 cm³/mol. The van der Waals surface area contributed by atoms with E-state index >= 15 is 0 Å². The number of hydrogen-bond donors (Lipinski definition) is 0. The molecule has 0 fully saturated rings. The fourth-order valence-corrected chi connectivity index (χ4v) is 2.20. The number of fused-ring (bicyclic) bond motifs is 1. The summed E-state index contributed by atoms with van der Waals surface area (Å²) in [4.78, 5) is 0.179. The molecule has 3 aromatic carbocycles. The molecule has 0 aliphatic rings. The van der Waals surface area contributed by atoms with Gasteiger partial charge in [0.1, 0.15) is 0 Å². The van der Waals surface area contributed by atoms with Crippen molar-refractivity contribution in [2.24, 2.45) is 0 Å². The fourth-order valence-electron chi connectivity index (χ4n) is 2.20. The second-order valence-corrected chi connectivity index (χ2v) is 29.5. The van der Waals surface area contributed by atoms with Gasteiger partial charge in [0, 0.05) is 0 Å². The molecule has 0 aromatic heterocycles. The third kappa shape index (κ3) is 9.90. The first kappa shape index (κ1) is 29.3. The van der Waals surface area contributed by atoms with E-state index in [2.05, 4.69) is 102 Å². The van der Waals surface area contributed by atoms with Crippen LogP contribution in [0.1, 0.15) is 22.3 Å².